The molecule has 0 bridgehead atoms. The fourth-order valence-corrected chi connectivity index (χ4v) is 1.69. The van der Waals surface area contributed by atoms with Crippen LogP contribution in [0.2, 0.25) is 0 Å². The standard InChI is InChI=1S/C10H15FN2O2S/c1-8(13-6-7-16(12,14)15)9-2-4-10(11)5-3-9/h2-5,8,13H,6-7H2,1H3,(H2,12,14,15)/t8-/m1/s1. The van der Waals surface area contributed by atoms with E-state index in [9.17, 15) is 12.8 Å². The van der Waals surface area contributed by atoms with E-state index in [2.05, 4.69) is 5.32 Å². The maximum atomic E-state index is 12.6. The van der Waals surface area contributed by atoms with Gasteiger partial charge >= 0.3 is 0 Å². The van der Waals surface area contributed by atoms with E-state index >= 15 is 0 Å². The molecule has 1 rings (SSSR count). The van der Waals surface area contributed by atoms with E-state index in [-0.39, 0.29) is 24.2 Å². The molecule has 4 nitrogen and oxygen atoms in total. The Hall–Kier alpha value is -0.980. The molecule has 0 aliphatic carbocycles. The molecule has 0 amide bonds. The van der Waals surface area contributed by atoms with Crippen molar-refractivity contribution in [2.75, 3.05) is 12.3 Å². The van der Waals surface area contributed by atoms with E-state index in [1.165, 1.54) is 12.1 Å². The molecule has 0 unspecified atom stereocenters. The molecule has 0 aromatic heterocycles. The summed E-state index contributed by atoms with van der Waals surface area (Å²) in [7, 11) is -3.43. The Bertz CT molecular complexity index is 431. The van der Waals surface area contributed by atoms with E-state index in [0.717, 1.165) is 5.56 Å². The highest BCUT2D eigenvalue weighted by molar-refractivity contribution is 7.89. The van der Waals surface area contributed by atoms with Gasteiger partial charge in [-0.25, -0.2) is 17.9 Å². The lowest BCUT2D eigenvalue weighted by molar-refractivity contribution is 0.571. The van der Waals surface area contributed by atoms with Gasteiger partial charge in [0.1, 0.15) is 5.82 Å². The van der Waals surface area contributed by atoms with E-state index in [1.807, 2.05) is 6.92 Å². The molecule has 90 valence electrons. The van der Waals surface area contributed by atoms with E-state index in [4.69, 9.17) is 5.14 Å². The maximum Gasteiger partial charge on any atom is 0.210 e. The van der Waals surface area contributed by atoms with Crippen LogP contribution >= 0.6 is 0 Å². The quantitative estimate of drug-likeness (QED) is 0.806. The summed E-state index contributed by atoms with van der Waals surface area (Å²) in [5.41, 5.74) is 0.899. The second-order valence-electron chi connectivity index (χ2n) is 3.59. The number of hydrogen-bond donors (Lipinski definition) is 2. The summed E-state index contributed by atoms with van der Waals surface area (Å²) in [6.45, 7) is 2.15. The summed E-state index contributed by atoms with van der Waals surface area (Å²) >= 11 is 0. The van der Waals surface area contributed by atoms with Gasteiger partial charge in [-0.15, -0.1) is 0 Å². The van der Waals surface area contributed by atoms with Crippen LogP contribution in [0.5, 0.6) is 0 Å². The number of nitrogens with two attached hydrogens (primary N) is 1. The summed E-state index contributed by atoms with van der Waals surface area (Å²) in [6, 6.07) is 6.01. The molecule has 0 saturated carbocycles. The molecule has 0 aliphatic heterocycles. The molecule has 1 aromatic carbocycles. The zero-order valence-electron chi connectivity index (χ0n) is 8.98. The first-order valence-electron chi connectivity index (χ1n) is 4.88. The Morgan fingerprint density at radius 2 is 1.94 bits per heavy atom. The molecule has 3 N–H and O–H groups in total. The second kappa shape index (κ2) is 5.38. The van der Waals surface area contributed by atoms with E-state index in [0.29, 0.717) is 0 Å². The Morgan fingerprint density at radius 1 is 1.38 bits per heavy atom. The Morgan fingerprint density at radius 3 is 2.44 bits per heavy atom. The highest BCUT2D eigenvalue weighted by Gasteiger charge is 2.07. The predicted molar refractivity (Wildman–Crippen MR) is 60.8 cm³/mol. The number of primary sulfonamides is 1. The SMILES string of the molecule is C[C@@H](NCCS(N)(=O)=O)c1ccc(F)cc1. The van der Waals surface area contributed by atoms with Crippen LogP contribution in [-0.2, 0) is 10.0 Å². The van der Waals surface area contributed by atoms with E-state index < -0.39 is 10.0 Å². The molecule has 1 atom stereocenters. The lowest BCUT2D eigenvalue weighted by Gasteiger charge is -2.13. The van der Waals surface area contributed by atoms with Crippen LogP contribution < -0.4 is 10.5 Å². The van der Waals surface area contributed by atoms with Crippen molar-refractivity contribution in [3.05, 3.63) is 35.6 Å². The Balaban J connectivity index is 2.47. The van der Waals surface area contributed by atoms with Crippen molar-refractivity contribution < 1.29 is 12.8 Å². The van der Waals surface area contributed by atoms with Crippen molar-refractivity contribution in [3.8, 4) is 0 Å². The van der Waals surface area contributed by atoms with Gasteiger partial charge < -0.3 is 5.32 Å². The Labute approximate surface area is 94.7 Å². The molecule has 6 heteroatoms. The fourth-order valence-electron chi connectivity index (χ4n) is 1.29. The maximum absolute atomic E-state index is 12.6. The van der Waals surface area contributed by atoms with Crippen LogP contribution in [0.1, 0.15) is 18.5 Å². The largest absolute Gasteiger partial charge is 0.309 e. The second-order valence-corrected chi connectivity index (χ2v) is 5.33. The monoisotopic (exact) mass is 246 g/mol. The molecule has 0 aliphatic rings. The van der Waals surface area contributed by atoms with Gasteiger partial charge in [0.2, 0.25) is 10.0 Å². The molecule has 0 fully saturated rings. The van der Waals surface area contributed by atoms with E-state index in [1.54, 1.807) is 12.1 Å². The molecule has 0 saturated heterocycles. The smallest absolute Gasteiger partial charge is 0.210 e. The van der Waals surface area contributed by atoms with Gasteiger partial charge in [-0.05, 0) is 24.6 Å². The third-order valence-corrected chi connectivity index (χ3v) is 2.98. The summed E-state index contributed by atoms with van der Waals surface area (Å²) in [5, 5.41) is 7.86. The van der Waals surface area contributed by atoms with Gasteiger partial charge in [-0.2, -0.15) is 0 Å². The Kier molecular flexibility index (Phi) is 4.40. The zero-order valence-corrected chi connectivity index (χ0v) is 9.80. The van der Waals surface area contributed by atoms with Crippen molar-refractivity contribution in [2.45, 2.75) is 13.0 Å². The van der Waals surface area contributed by atoms with Crippen LogP contribution in [0.3, 0.4) is 0 Å². The summed E-state index contributed by atoms with van der Waals surface area (Å²) in [5.74, 6) is -0.404. The zero-order chi connectivity index (χ0) is 12.2. The first-order chi connectivity index (χ1) is 7.38. The number of benzene rings is 1. The van der Waals surface area contributed by atoms with Gasteiger partial charge in [0.15, 0.2) is 0 Å². The van der Waals surface area contributed by atoms with Crippen LogP contribution in [0.15, 0.2) is 24.3 Å². The van der Waals surface area contributed by atoms with Crippen LogP contribution in [-0.4, -0.2) is 20.7 Å². The number of halogens is 1. The highest BCUT2D eigenvalue weighted by atomic mass is 32.2. The van der Waals surface area contributed by atoms with Crippen molar-refractivity contribution in [2.24, 2.45) is 5.14 Å². The van der Waals surface area contributed by atoms with Crippen molar-refractivity contribution in [1.82, 2.24) is 5.32 Å². The van der Waals surface area contributed by atoms with Crippen LogP contribution in [0, 0.1) is 5.82 Å². The minimum atomic E-state index is -3.43. The third-order valence-electron chi connectivity index (χ3n) is 2.21. The molecular formula is C10H15FN2O2S. The lowest BCUT2D eigenvalue weighted by atomic mass is 10.1. The fraction of sp³-hybridized carbons (Fsp3) is 0.400. The first-order valence-corrected chi connectivity index (χ1v) is 6.59. The number of hydrogen-bond acceptors (Lipinski definition) is 3. The molecule has 0 spiro atoms. The summed E-state index contributed by atoms with van der Waals surface area (Å²) in [6.07, 6.45) is 0. The number of rotatable bonds is 5. The van der Waals surface area contributed by atoms with Crippen LogP contribution in [0.25, 0.3) is 0 Å². The van der Waals surface area contributed by atoms with Gasteiger partial charge in [-0.1, -0.05) is 12.1 Å². The lowest BCUT2D eigenvalue weighted by Crippen LogP contribution is -2.28. The molecule has 16 heavy (non-hydrogen) atoms. The summed E-state index contributed by atoms with van der Waals surface area (Å²) in [4.78, 5) is 0. The van der Waals surface area contributed by atoms with Gasteiger partial charge in [0, 0.05) is 12.6 Å². The van der Waals surface area contributed by atoms with Gasteiger partial charge in [0.25, 0.3) is 0 Å². The average molecular weight is 246 g/mol. The highest BCUT2D eigenvalue weighted by Crippen LogP contribution is 2.12. The normalized spacial score (nSPS) is 13.7. The molecular weight excluding hydrogens is 231 g/mol. The number of nitrogens with one attached hydrogen (secondary N) is 1. The molecule has 0 radical (unpaired) electrons. The van der Waals surface area contributed by atoms with Crippen LogP contribution in [0.4, 0.5) is 4.39 Å². The number of sulfonamides is 1. The minimum absolute atomic E-state index is 0.0395. The van der Waals surface area contributed by atoms with Gasteiger partial charge in [-0.3, -0.25) is 0 Å². The third kappa shape index (κ3) is 4.69. The van der Waals surface area contributed by atoms with Crippen molar-refractivity contribution >= 4 is 10.0 Å². The van der Waals surface area contributed by atoms with Crippen molar-refractivity contribution in [3.63, 3.8) is 0 Å². The first kappa shape index (κ1) is 13.1. The van der Waals surface area contributed by atoms with Crippen molar-refractivity contribution in [1.29, 1.82) is 0 Å². The molecule has 1 aromatic rings. The summed E-state index contributed by atoms with van der Waals surface area (Å²) < 4.78 is 34.0. The van der Waals surface area contributed by atoms with Gasteiger partial charge in [0.05, 0.1) is 5.75 Å². The average Bonchev–Trinajstić information content (AvgIpc) is 2.16. The topological polar surface area (TPSA) is 72.2 Å². The molecule has 0 heterocycles. The minimum Gasteiger partial charge on any atom is -0.309 e. The predicted octanol–water partition coefficient (Wildman–Crippen LogP) is 0.765.